The second-order valence-electron chi connectivity index (χ2n) is 4.40. The fourth-order valence-electron chi connectivity index (χ4n) is 1.86. The van der Waals surface area contributed by atoms with E-state index in [1.54, 1.807) is 6.07 Å². The Bertz CT molecular complexity index is 540. The molecular formula is C13H15N3O3. The lowest BCUT2D eigenvalue weighted by molar-refractivity contribution is -0.136. The first-order valence-corrected chi connectivity index (χ1v) is 6.11. The monoisotopic (exact) mass is 261 g/mol. The van der Waals surface area contributed by atoms with Crippen LogP contribution in [-0.2, 0) is 9.59 Å². The van der Waals surface area contributed by atoms with Crippen LogP contribution >= 0.6 is 0 Å². The number of carboxylic acids is 1. The minimum atomic E-state index is -0.861. The van der Waals surface area contributed by atoms with Crippen molar-refractivity contribution in [2.75, 3.05) is 5.01 Å². The van der Waals surface area contributed by atoms with E-state index in [9.17, 15) is 9.59 Å². The molecule has 1 aromatic heterocycles. The van der Waals surface area contributed by atoms with E-state index in [1.165, 1.54) is 5.01 Å². The maximum absolute atomic E-state index is 11.9. The normalized spacial score (nSPS) is 15.3. The molecule has 0 saturated carbocycles. The van der Waals surface area contributed by atoms with E-state index in [0.29, 0.717) is 25.1 Å². The predicted molar refractivity (Wildman–Crippen MR) is 70.0 cm³/mol. The summed E-state index contributed by atoms with van der Waals surface area (Å²) in [5, 5.41) is 14.2. The van der Waals surface area contributed by atoms with Crippen LogP contribution in [0.5, 0.6) is 0 Å². The zero-order valence-electron chi connectivity index (χ0n) is 10.7. The largest absolute Gasteiger partial charge is 0.481 e. The van der Waals surface area contributed by atoms with Gasteiger partial charge in [0.15, 0.2) is 5.82 Å². The summed E-state index contributed by atoms with van der Waals surface area (Å²) in [6.45, 7) is 1.84. The van der Waals surface area contributed by atoms with Crippen LogP contribution in [0.2, 0.25) is 0 Å². The van der Waals surface area contributed by atoms with Gasteiger partial charge in [-0.2, -0.15) is 10.1 Å². The standard InChI is InChI=1S/C13H15N3O3/c1-9-3-2-4-11(14-9)16-12(17)7-5-10(15-16)6-8-13(18)19/h2-4H,5-8H2,1H3,(H,18,19). The van der Waals surface area contributed by atoms with Gasteiger partial charge >= 0.3 is 5.97 Å². The van der Waals surface area contributed by atoms with E-state index in [-0.39, 0.29) is 12.3 Å². The number of carboxylic acid groups (broad SMARTS) is 1. The number of aromatic nitrogens is 1. The van der Waals surface area contributed by atoms with Crippen LogP contribution in [-0.4, -0.2) is 27.7 Å². The van der Waals surface area contributed by atoms with E-state index < -0.39 is 5.97 Å². The van der Waals surface area contributed by atoms with E-state index in [1.807, 2.05) is 19.1 Å². The molecule has 1 aliphatic heterocycles. The van der Waals surface area contributed by atoms with Crippen LogP contribution in [0, 0.1) is 6.92 Å². The number of anilines is 1. The van der Waals surface area contributed by atoms with Gasteiger partial charge in [-0.1, -0.05) is 6.07 Å². The van der Waals surface area contributed by atoms with Crippen LogP contribution in [0.15, 0.2) is 23.3 Å². The molecule has 1 aliphatic rings. The smallest absolute Gasteiger partial charge is 0.303 e. The number of hydrazone groups is 1. The molecule has 2 rings (SSSR count). The number of aliphatic carboxylic acids is 1. The molecule has 0 fully saturated rings. The first-order valence-electron chi connectivity index (χ1n) is 6.11. The third-order valence-electron chi connectivity index (χ3n) is 2.82. The minimum Gasteiger partial charge on any atom is -0.481 e. The highest BCUT2D eigenvalue weighted by molar-refractivity contribution is 6.01. The van der Waals surface area contributed by atoms with Gasteiger partial charge in [0, 0.05) is 17.8 Å². The van der Waals surface area contributed by atoms with Crippen molar-refractivity contribution in [3.8, 4) is 0 Å². The maximum atomic E-state index is 11.9. The molecule has 0 radical (unpaired) electrons. The Labute approximate surface area is 110 Å². The number of amides is 1. The Hall–Kier alpha value is -2.24. The molecule has 0 saturated heterocycles. The summed E-state index contributed by atoms with van der Waals surface area (Å²) in [5.74, 6) is -0.491. The number of rotatable bonds is 4. The highest BCUT2D eigenvalue weighted by Gasteiger charge is 2.23. The van der Waals surface area contributed by atoms with Crippen LogP contribution in [0.4, 0.5) is 5.82 Å². The van der Waals surface area contributed by atoms with Gasteiger partial charge in [0.05, 0.1) is 6.42 Å². The van der Waals surface area contributed by atoms with Crippen molar-refractivity contribution in [3.63, 3.8) is 0 Å². The first kappa shape index (κ1) is 13.2. The Morgan fingerprint density at radius 1 is 1.42 bits per heavy atom. The second kappa shape index (κ2) is 5.60. The number of hydrogen-bond acceptors (Lipinski definition) is 4. The van der Waals surface area contributed by atoms with Gasteiger partial charge in [-0.3, -0.25) is 9.59 Å². The van der Waals surface area contributed by atoms with Crippen molar-refractivity contribution in [2.24, 2.45) is 5.10 Å². The fourth-order valence-corrected chi connectivity index (χ4v) is 1.86. The van der Waals surface area contributed by atoms with Gasteiger partial charge in [0.25, 0.3) is 0 Å². The second-order valence-corrected chi connectivity index (χ2v) is 4.40. The molecule has 0 spiro atoms. The molecule has 6 heteroatoms. The molecule has 0 atom stereocenters. The molecule has 1 N–H and O–H groups in total. The fraction of sp³-hybridized carbons (Fsp3) is 0.385. The number of aryl methyl sites for hydroxylation is 1. The lowest BCUT2D eigenvalue weighted by Gasteiger charge is -2.22. The van der Waals surface area contributed by atoms with Crippen LogP contribution < -0.4 is 5.01 Å². The Kier molecular flexibility index (Phi) is 3.89. The first-order chi connectivity index (χ1) is 9.06. The molecule has 1 amide bonds. The van der Waals surface area contributed by atoms with Crippen molar-refractivity contribution in [1.82, 2.24) is 4.98 Å². The van der Waals surface area contributed by atoms with Crippen LogP contribution in [0.3, 0.4) is 0 Å². The summed E-state index contributed by atoms with van der Waals surface area (Å²) in [5.41, 5.74) is 1.53. The summed E-state index contributed by atoms with van der Waals surface area (Å²) < 4.78 is 0. The number of pyridine rings is 1. The molecule has 0 unspecified atom stereocenters. The van der Waals surface area contributed by atoms with Crippen LogP contribution in [0.25, 0.3) is 0 Å². The highest BCUT2D eigenvalue weighted by atomic mass is 16.4. The Balaban J connectivity index is 2.20. The molecule has 6 nitrogen and oxygen atoms in total. The van der Waals surface area contributed by atoms with Crippen molar-refractivity contribution < 1.29 is 14.7 Å². The third-order valence-corrected chi connectivity index (χ3v) is 2.82. The van der Waals surface area contributed by atoms with E-state index in [2.05, 4.69) is 10.1 Å². The zero-order valence-corrected chi connectivity index (χ0v) is 10.7. The SMILES string of the molecule is Cc1cccc(N2N=C(CCC(=O)O)CCC2=O)n1. The minimum absolute atomic E-state index is 0.0299. The molecular weight excluding hydrogens is 246 g/mol. The van der Waals surface area contributed by atoms with E-state index in [4.69, 9.17) is 5.11 Å². The molecule has 0 bridgehead atoms. The highest BCUT2D eigenvalue weighted by Crippen LogP contribution is 2.19. The predicted octanol–water partition coefficient (Wildman–Crippen LogP) is 1.74. The van der Waals surface area contributed by atoms with Crippen molar-refractivity contribution in [2.45, 2.75) is 32.6 Å². The van der Waals surface area contributed by atoms with Crippen molar-refractivity contribution >= 4 is 23.4 Å². The number of carbonyl (C=O) groups excluding carboxylic acids is 1. The summed E-state index contributed by atoms with van der Waals surface area (Å²) in [6, 6.07) is 5.37. The molecule has 0 aromatic carbocycles. The number of nitrogens with zero attached hydrogens (tertiary/aromatic N) is 3. The molecule has 1 aromatic rings. The topological polar surface area (TPSA) is 82.9 Å². The van der Waals surface area contributed by atoms with Crippen LogP contribution in [0.1, 0.15) is 31.4 Å². The van der Waals surface area contributed by atoms with Crippen molar-refractivity contribution in [1.29, 1.82) is 0 Å². The quantitative estimate of drug-likeness (QED) is 0.894. The van der Waals surface area contributed by atoms with Crippen molar-refractivity contribution in [3.05, 3.63) is 23.9 Å². The van der Waals surface area contributed by atoms with Gasteiger partial charge in [-0.05, 0) is 31.9 Å². The molecule has 0 aliphatic carbocycles. The van der Waals surface area contributed by atoms with Gasteiger partial charge in [-0.25, -0.2) is 4.98 Å². The molecule has 2 heterocycles. The molecule has 100 valence electrons. The number of carbonyl (C=O) groups is 2. The summed E-state index contributed by atoms with van der Waals surface area (Å²) in [6.07, 6.45) is 1.26. The third kappa shape index (κ3) is 3.37. The van der Waals surface area contributed by atoms with Gasteiger partial charge < -0.3 is 5.11 Å². The zero-order chi connectivity index (χ0) is 13.8. The lowest BCUT2D eigenvalue weighted by Crippen LogP contribution is -2.32. The Morgan fingerprint density at radius 2 is 2.21 bits per heavy atom. The van der Waals surface area contributed by atoms with Gasteiger partial charge in [0.1, 0.15) is 0 Å². The van der Waals surface area contributed by atoms with Gasteiger partial charge in [-0.15, -0.1) is 0 Å². The van der Waals surface area contributed by atoms with Gasteiger partial charge in [0.2, 0.25) is 5.91 Å². The lowest BCUT2D eigenvalue weighted by atomic mass is 10.1. The molecule has 19 heavy (non-hydrogen) atoms. The maximum Gasteiger partial charge on any atom is 0.303 e. The van der Waals surface area contributed by atoms with E-state index in [0.717, 1.165) is 11.4 Å². The summed E-state index contributed by atoms with van der Waals surface area (Å²) >= 11 is 0. The average Bonchev–Trinajstić information content (AvgIpc) is 2.37. The Morgan fingerprint density at radius 3 is 2.89 bits per heavy atom. The number of hydrogen-bond donors (Lipinski definition) is 1. The summed E-state index contributed by atoms with van der Waals surface area (Å²) in [7, 11) is 0. The summed E-state index contributed by atoms with van der Waals surface area (Å²) in [4.78, 5) is 26.7. The van der Waals surface area contributed by atoms with E-state index >= 15 is 0 Å². The average molecular weight is 261 g/mol.